The summed E-state index contributed by atoms with van der Waals surface area (Å²) < 4.78 is 5.63. The number of non-ortho nitro benzene ring substituents is 1. The number of para-hydroxylation sites is 1. The highest BCUT2D eigenvalue weighted by Gasteiger charge is 2.19. The van der Waals surface area contributed by atoms with Gasteiger partial charge in [0, 0.05) is 17.5 Å². The van der Waals surface area contributed by atoms with Crippen LogP contribution in [0.3, 0.4) is 0 Å². The summed E-state index contributed by atoms with van der Waals surface area (Å²) >= 11 is 5.44. The number of nitro benzene ring substituents is 1. The first kappa shape index (κ1) is 15.2. The zero-order chi connectivity index (χ0) is 15.6. The van der Waals surface area contributed by atoms with Crippen LogP contribution in [0, 0.1) is 16.0 Å². The summed E-state index contributed by atoms with van der Waals surface area (Å²) in [5, 5.41) is 10.8. The maximum atomic E-state index is 11.3. The van der Waals surface area contributed by atoms with E-state index in [1.165, 1.54) is 12.1 Å². The molecular weight excluding hydrogens is 296 g/mol. The Morgan fingerprint density at radius 1 is 1.48 bits per heavy atom. The number of nitro groups is 1. The second-order valence-electron chi connectivity index (χ2n) is 4.91. The fourth-order valence-electron chi connectivity index (χ4n) is 1.83. The van der Waals surface area contributed by atoms with Crippen molar-refractivity contribution in [3.8, 4) is 5.75 Å². The highest BCUT2D eigenvalue weighted by molar-refractivity contribution is 6.67. The van der Waals surface area contributed by atoms with Gasteiger partial charge in [0.05, 0.1) is 11.5 Å². The topological polar surface area (TPSA) is 82.3 Å². The summed E-state index contributed by atoms with van der Waals surface area (Å²) in [6.07, 6.45) is 0. The molecule has 0 aliphatic rings. The predicted molar refractivity (Wildman–Crippen MR) is 78.9 cm³/mol. The number of ether oxygens (including phenoxy) is 1. The van der Waals surface area contributed by atoms with E-state index in [4.69, 9.17) is 16.3 Å². The Labute approximate surface area is 125 Å². The van der Waals surface area contributed by atoms with Crippen LogP contribution in [0.5, 0.6) is 5.75 Å². The van der Waals surface area contributed by atoms with Gasteiger partial charge in [0.1, 0.15) is 11.4 Å². The zero-order valence-electron chi connectivity index (χ0n) is 11.5. The van der Waals surface area contributed by atoms with E-state index < -0.39 is 10.2 Å². The van der Waals surface area contributed by atoms with E-state index in [0.717, 1.165) is 0 Å². The number of nitrogens with zero attached hydrogens (tertiary/aromatic N) is 2. The number of hydrogen-bond acceptors (Lipinski definition) is 5. The van der Waals surface area contributed by atoms with Crippen molar-refractivity contribution in [1.29, 1.82) is 0 Å². The number of carbonyl (C=O) groups excluding carboxylic acids is 1. The third-order valence-electron chi connectivity index (χ3n) is 2.75. The van der Waals surface area contributed by atoms with Crippen LogP contribution in [0.1, 0.15) is 24.3 Å². The molecule has 0 bridgehead atoms. The number of fused-ring (bicyclic) bond motifs is 1. The van der Waals surface area contributed by atoms with Gasteiger partial charge in [0.25, 0.3) is 10.9 Å². The minimum absolute atomic E-state index is 0.0720. The summed E-state index contributed by atoms with van der Waals surface area (Å²) in [6, 6.07) is 5.94. The quantitative estimate of drug-likeness (QED) is 0.479. The van der Waals surface area contributed by atoms with Crippen molar-refractivity contribution in [3.63, 3.8) is 0 Å². The Bertz CT molecular complexity index is 715. The van der Waals surface area contributed by atoms with Gasteiger partial charge in [-0.1, -0.05) is 19.9 Å². The van der Waals surface area contributed by atoms with Crippen LogP contribution in [-0.4, -0.2) is 21.8 Å². The number of carbonyl (C=O) groups is 1. The summed E-state index contributed by atoms with van der Waals surface area (Å²) in [4.78, 5) is 25.8. The van der Waals surface area contributed by atoms with Gasteiger partial charge in [-0.3, -0.25) is 14.9 Å². The number of pyridine rings is 1. The molecule has 0 fully saturated rings. The average molecular weight is 309 g/mol. The molecule has 1 heterocycles. The van der Waals surface area contributed by atoms with E-state index in [0.29, 0.717) is 17.7 Å². The molecule has 0 amide bonds. The van der Waals surface area contributed by atoms with Gasteiger partial charge in [-0.05, 0) is 23.6 Å². The van der Waals surface area contributed by atoms with Crippen molar-refractivity contribution in [3.05, 3.63) is 40.1 Å². The zero-order valence-corrected chi connectivity index (χ0v) is 12.3. The third kappa shape index (κ3) is 3.28. The molecular formula is C14H13ClN2O4. The Balaban J connectivity index is 2.68. The van der Waals surface area contributed by atoms with E-state index in [1.807, 2.05) is 13.8 Å². The first-order chi connectivity index (χ1) is 9.90. The van der Waals surface area contributed by atoms with E-state index in [1.54, 1.807) is 12.1 Å². The molecule has 6 nitrogen and oxygen atoms in total. The second kappa shape index (κ2) is 6.05. The Morgan fingerprint density at radius 3 is 2.76 bits per heavy atom. The molecule has 2 aromatic rings. The van der Waals surface area contributed by atoms with Crippen LogP contribution in [0.25, 0.3) is 10.9 Å². The lowest BCUT2D eigenvalue weighted by atomic mass is 10.1. The van der Waals surface area contributed by atoms with Gasteiger partial charge < -0.3 is 4.74 Å². The van der Waals surface area contributed by atoms with Crippen LogP contribution < -0.4 is 4.74 Å². The standard InChI is InChI=1S/C14H13ClN2O4/c1-8(2)7-21-12-6-10(14(15)18)16-13-9(12)4-3-5-11(13)17(19)20/h3-6,8H,7H2,1-2H3. The largest absolute Gasteiger partial charge is 0.493 e. The molecule has 110 valence electrons. The number of hydrogen-bond donors (Lipinski definition) is 0. The molecule has 7 heteroatoms. The van der Waals surface area contributed by atoms with Gasteiger partial charge in [-0.25, -0.2) is 4.98 Å². The third-order valence-corrected chi connectivity index (χ3v) is 2.94. The summed E-state index contributed by atoms with van der Waals surface area (Å²) in [7, 11) is 0. The molecule has 21 heavy (non-hydrogen) atoms. The summed E-state index contributed by atoms with van der Waals surface area (Å²) in [5.74, 6) is 0.628. The lowest BCUT2D eigenvalue weighted by Crippen LogP contribution is -2.07. The van der Waals surface area contributed by atoms with Crippen molar-refractivity contribution in [2.24, 2.45) is 5.92 Å². The first-order valence-electron chi connectivity index (χ1n) is 6.31. The van der Waals surface area contributed by atoms with Gasteiger partial charge in [-0.2, -0.15) is 0 Å². The SMILES string of the molecule is CC(C)COc1cc(C(=O)Cl)nc2c([N+](=O)[O-])cccc12. The molecule has 0 unspecified atom stereocenters. The molecule has 0 atom stereocenters. The maximum Gasteiger partial charge on any atom is 0.295 e. The normalized spacial score (nSPS) is 10.9. The Hall–Kier alpha value is -2.21. The number of benzene rings is 1. The van der Waals surface area contributed by atoms with Crippen molar-refractivity contribution < 1.29 is 14.5 Å². The lowest BCUT2D eigenvalue weighted by Gasteiger charge is -2.12. The molecule has 0 saturated heterocycles. The highest BCUT2D eigenvalue weighted by Crippen LogP contribution is 2.32. The highest BCUT2D eigenvalue weighted by atomic mass is 35.5. The van der Waals surface area contributed by atoms with E-state index in [-0.39, 0.29) is 22.8 Å². The van der Waals surface area contributed by atoms with E-state index >= 15 is 0 Å². The minimum atomic E-state index is -0.788. The van der Waals surface area contributed by atoms with Crippen LogP contribution in [0.15, 0.2) is 24.3 Å². The lowest BCUT2D eigenvalue weighted by molar-refractivity contribution is -0.383. The molecule has 0 N–H and O–H groups in total. The summed E-state index contributed by atoms with van der Waals surface area (Å²) in [5.41, 5.74) is -0.174. The predicted octanol–water partition coefficient (Wildman–Crippen LogP) is 3.56. The fourth-order valence-corrected chi connectivity index (χ4v) is 1.92. The molecule has 0 aliphatic carbocycles. The molecule has 0 aliphatic heterocycles. The van der Waals surface area contributed by atoms with Gasteiger partial charge >= 0.3 is 0 Å². The van der Waals surface area contributed by atoms with Crippen molar-refractivity contribution in [2.45, 2.75) is 13.8 Å². The Morgan fingerprint density at radius 2 is 2.19 bits per heavy atom. The average Bonchev–Trinajstić information content (AvgIpc) is 2.43. The fraction of sp³-hybridized carbons (Fsp3) is 0.286. The molecule has 0 saturated carbocycles. The van der Waals surface area contributed by atoms with Gasteiger partial charge in [0.15, 0.2) is 5.52 Å². The molecule has 0 radical (unpaired) electrons. The maximum absolute atomic E-state index is 11.3. The summed E-state index contributed by atoms with van der Waals surface area (Å²) in [6.45, 7) is 4.36. The van der Waals surface area contributed by atoms with Crippen LogP contribution in [-0.2, 0) is 0 Å². The van der Waals surface area contributed by atoms with Crippen LogP contribution >= 0.6 is 11.6 Å². The molecule has 0 spiro atoms. The van der Waals surface area contributed by atoms with Gasteiger partial charge in [-0.15, -0.1) is 0 Å². The smallest absolute Gasteiger partial charge is 0.295 e. The van der Waals surface area contributed by atoms with E-state index in [2.05, 4.69) is 4.98 Å². The molecule has 1 aromatic heterocycles. The second-order valence-corrected chi connectivity index (χ2v) is 5.26. The molecule has 2 rings (SSSR count). The number of halogens is 1. The monoisotopic (exact) mass is 308 g/mol. The number of rotatable bonds is 5. The number of aromatic nitrogens is 1. The van der Waals surface area contributed by atoms with Gasteiger partial charge in [0.2, 0.25) is 0 Å². The van der Waals surface area contributed by atoms with Crippen molar-refractivity contribution in [2.75, 3.05) is 6.61 Å². The van der Waals surface area contributed by atoms with E-state index in [9.17, 15) is 14.9 Å². The van der Waals surface area contributed by atoms with Crippen LogP contribution in [0.2, 0.25) is 0 Å². The first-order valence-corrected chi connectivity index (χ1v) is 6.68. The molecule has 1 aromatic carbocycles. The van der Waals surface area contributed by atoms with Crippen molar-refractivity contribution in [1.82, 2.24) is 4.98 Å². The minimum Gasteiger partial charge on any atom is -0.493 e. The van der Waals surface area contributed by atoms with Crippen LogP contribution in [0.4, 0.5) is 5.69 Å². The Kier molecular flexibility index (Phi) is 4.37. The van der Waals surface area contributed by atoms with Crippen molar-refractivity contribution >= 4 is 33.4 Å².